The monoisotopic (exact) mass is 351 g/mol. The van der Waals surface area contributed by atoms with Gasteiger partial charge < -0.3 is 20.1 Å². The highest BCUT2D eigenvalue weighted by molar-refractivity contribution is 5.81. The van der Waals surface area contributed by atoms with Gasteiger partial charge in [-0.3, -0.25) is 0 Å². The van der Waals surface area contributed by atoms with Crippen LogP contribution >= 0.6 is 0 Å². The van der Waals surface area contributed by atoms with Crippen LogP contribution in [0.4, 0.5) is 11.6 Å². The second-order valence-corrected chi connectivity index (χ2v) is 6.00. The van der Waals surface area contributed by atoms with E-state index in [1.54, 1.807) is 12.3 Å². The van der Waals surface area contributed by atoms with E-state index < -0.39 is 0 Å². The van der Waals surface area contributed by atoms with Crippen molar-refractivity contribution in [2.45, 2.75) is 26.4 Å². The van der Waals surface area contributed by atoms with Gasteiger partial charge in [-0.1, -0.05) is 12.1 Å². The van der Waals surface area contributed by atoms with E-state index in [1.807, 2.05) is 38.1 Å². The zero-order valence-corrected chi connectivity index (χ0v) is 14.8. The van der Waals surface area contributed by atoms with E-state index in [2.05, 4.69) is 26.7 Å². The van der Waals surface area contributed by atoms with Crippen LogP contribution in [0.3, 0.4) is 0 Å². The van der Waals surface area contributed by atoms with E-state index in [4.69, 9.17) is 9.47 Å². The maximum absolute atomic E-state index is 9.58. The van der Waals surface area contributed by atoms with Crippen molar-refractivity contribution in [1.29, 1.82) is 5.26 Å². The number of aromatic nitrogens is 2. The van der Waals surface area contributed by atoms with Crippen LogP contribution in [0.25, 0.3) is 5.57 Å². The standard InChI is InChI=1S/C19H21N5O2/c1-13(2)25-11-5-9-21-19-22-10-8-15(24-19)14(12-20)18-23-16-6-3-4-7-17(16)26-18/h3-4,6-8,10,13,23H,5,9,11H2,1-2H3,(H,21,22,24). The molecule has 0 bridgehead atoms. The van der Waals surface area contributed by atoms with Crippen LogP contribution in [0.1, 0.15) is 26.0 Å². The summed E-state index contributed by atoms with van der Waals surface area (Å²) in [5.74, 6) is 1.53. The molecule has 1 aromatic carbocycles. The molecule has 1 aliphatic heterocycles. The normalized spacial score (nSPS) is 14.2. The molecule has 0 amide bonds. The number of para-hydroxylation sites is 2. The number of hydrogen-bond donors (Lipinski definition) is 2. The van der Waals surface area contributed by atoms with E-state index in [-0.39, 0.29) is 6.10 Å². The maximum atomic E-state index is 9.58. The average molecular weight is 351 g/mol. The zero-order chi connectivity index (χ0) is 18.4. The van der Waals surface area contributed by atoms with E-state index in [1.165, 1.54) is 0 Å². The SMILES string of the molecule is CC(C)OCCCNc1nccc(C(C#N)=C2Nc3ccccc3O2)n1. The molecule has 1 aromatic heterocycles. The van der Waals surface area contributed by atoms with Gasteiger partial charge in [-0.2, -0.15) is 5.26 Å². The topological polar surface area (TPSA) is 92.1 Å². The summed E-state index contributed by atoms with van der Waals surface area (Å²) < 4.78 is 11.2. The highest BCUT2D eigenvalue weighted by Gasteiger charge is 2.21. The molecule has 26 heavy (non-hydrogen) atoms. The Hall–Kier alpha value is -3.11. The van der Waals surface area contributed by atoms with Gasteiger partial charge in [0.25, 0.3) is 0 Å². The lowest BCUT2D eigenvalue weighted by atomic mass is 10.2. The minimum atomic E-state index is 0.224. The molecule has 0 atom stereocenters. The molecule has 7 nitrogen and oxygen atoms in total. The molecule has 3 rings (SSSR count). The quantitative estimate of drug-likeness (QED) is 0.583. The lowest BCUT2D eigenvalue weighted by Crippen LogP contribution is -2.11. The second kappa shape index (κ2) is 8.32. The lowest BCUT2D eigenvalue weighted by molar-refractivity contribution is 0.0787. The Kier molecular flexibility index (Phi) is 5.66. The van der Waals surface area contributed by atoms with Gasteiger partial charge in [0.1, 0.15) is 11.6 Å². The Morgan fingerprint density at radius 1 is 1.35 bits per heavy atom. The third-order valence-electron chi connectivity index (χ3n) is 3.65. The number of nitrogens with zero attached hydrogens (tertiary/aromatic N) is 3. The number of anilines is 2. The smallest absolute Gasteiger partial charge is 0.223 e. The van der Waals surface area contributed by atoms with Crippen LogP contribution < -0.4 is 15.4 Å². The molecule has 2 heterocycles. The van der Waals surface area contributed by atoms with Gasteiger partial charge in [0.05, 0.1) is 17.5 Å². The fraction of sp³-hybridized carbons (Fsp3) is 0.316. The summed E-state index contributed by atoms with van der Waals surface area (Å²) in [5.41, 5.74) is 1.65. The van der Waals surface area contributed by atoms with Crippen molar-refractivity contribution in [2.75, 3.05) is 23.8 Å². The van der Waals surface area contributed by atoms with Gasteiger partial charge in [0.2, 0.25) is 11.8 Å². The number of ether oxygens (including phenoxy) is 2. The van der Waals surface area contributed by atoms with Gasteiger partial charge in [-0.25, -0.2) is 9.97 Å². The van der Waals surface area contributed by atoms with E-state index in [0.717, 1.165) is 12.1 Å². The minimum Gasteiger partial charge on any atom is -0.437 e. The molecule has 0 radical (unpaired) electrons. The summed E-state index contributed by atoms with van der Waals surface area (Å²) in [6.45, 7) is 5.38. The molecule has 7 heteroatoms. The van der Waals surface area contributed by atoms with E-state index in [0.29, 0.717) is 42.0 Å². The van der Waals surface area contributed by atoms with Crippen LogP contribution in [0, 0.1) is 11.3 Å². The number of fused-ring (bicyclic) bond motifs is 1. The largest absolute Gasteiger partial charge is 0.437 e. The summed E-state index contributed by atoms with van der Waals surface area (Å²) in [6, 6.07) is 11.4. The summed E-state index contributed by atoms with van der Waals surface area (Å²) in [5, 5.41) is 15.8. The molecular weight excluding hydrogens is 330 g/mol. The average Bonchev–Trinajstić information content (AvgIpc) is 3.06. The molecule has 1 aliphatic rings. The molecular formula is C19H21N5O2. The van der Waals surface area contributed by atoms with Crippen molar-refractivity contribution in [1.82, 2.24) is 9.97 Å². The Morgan fingerprint density at radius 2 is 2.19 bits per heavy atom. The van der Waals surface area contributed by atoms with Crippen molar-refractivity contribution in [3.05, 3.63) is 48.1 Å². The lowest BCUT2D eigenvalue weighted by Gasteiger charge is -2.09. The number of nitriles is 1. The van der Waals surface area contributed by atoms with Crippen molar-refractivity contribution < 1.29 is 9.47 Å². The first-order valence-corrected chi connectivity index (χ1v) is 8.54. The third kappa shape index (κ3) is 4.29. The second-order valence-electron chi connectivity index (χ2n) is 6.00. The summed E-state index contributed by atoms with van der Waals surface area (Å²) in [6.07, 6.45) is 2.69. The molecule has 0 saturated heterocycles. The van der Waals surface area contributed by atoms with Crippen molar-refractivity contribution in [3.63, 3.8) is 0 Å². The molecule has 0 fully saturated rings. The van der Waals surface area contributed by atoms with Gasteiger partial charge in [0.15, 0.2) is 5.75 Å². The molecule has 134 valence electrons. The van der Waals surface area contributed by atoms with Gasteiger partial charge in [0, 0.05) is 19.3 Å². The Balaban J connectivity index is 1.69. The number of rotatable bonds is 7. The highest BCUT2D eigenvalue weighted by Crippen LogP contribution is 2.35. The van der Waals surface area contributed by atoms with Crippen molar-refractivity contribution >= 4 is 17.2 Å². The Labute approximate surface area is 152 Å². The van der Waals surface area contributed by atoms with Gasteiger partial charge in [-0.15, -0.1) is 0 Å². The molecule has 0 spiro atoms. The number of hydrogen-bond acceptors (Lipinski definition) is 7. The number of allylic oxidation sites excluding steroid dienone is 1. The number of benzene rings is 1. The van der Waals surface area contributed by atoms with Crippen LogP contribution in [0.15, 0.2) is 42.4 Å². The van der Waals surface area contributed by atoms with E-state index in [9.17, 15) is 5.26 Å². The van der Waals surface area contributed by atoms with Crippen LogP contribution in [0.5, 0.6) is 5.75 Å². The molecule has 2 N–H and O–H groups in total. The van der Waals surface area contributed by atoms with Gasteiger partial charge >= 0.3 is 0 Å². The molecule has 0 unspecified atom stereocenters. The van der Waals surface area contributed by atoms with Crippen LogP contribution in [-0.2, 0) is 4.74 Å². The molecule has 0 aliphatic carbocycles. The predicted molar refractivity (Wildman–Crippen MR) is 99.5 cm³/mol. The Morgan fingerprint density at radius 3 is 2.96 bits per heavy atom. The predicted octanol–water partition coefficient (Wildman–Crippen LogP) is 3.40. The summed E-state index contributed by atoms with van der Waals surface area (Å²) in [7, 11) is 0. The van der Waals surface area contributed by atoms with E-state index >= 15 is 0 Å². The zero-order valence-electron chi connectivity index (χ0n) is 14.8. The minimum absolute atomic E-state index is 0.224. The first kappa shape index (κ1) is 17.7. The summed E-state index contributed by atoms with van der Waals surface area (Å²) in [4.78, 5) is 8.62. The Bertz CT molecular complexity index is 815. The van der Waals surface area contributed by atoms with Crippen LogP contribution in [-0.4, -0.2) is 29.2 Å². The third-order valence-corrected chi connectivity index (χ3v) is 3.65. The first-order valence-electron chi connectivity index (χ1n) is 8.54. The van der Waals surface area contributed by atoms with Gasteiger partial charge in [-0.05, 0) is 38.5 Å². The molecule has 0 saturated carbocycles. The summed E-state index contributed by atoms with van der Waals surface area (Å²) >= 11 is 0. The number of nitrogens with one attached hydrogen (secondary N) is 2. The maximum Gasteiger partial charge on any atom is 0.223 e. The van der Waals surface area contributed by atoms with Crippen molar-refractivity contribution in [3.8, 4) is 11.8 Å². The van der Waals surface area contributed by atoms with Crippen LogP contribution in [0.2, 0.25) is 0 Å². The fourth-order valence-electron chi connectivity index (χ4n) is 2.43. The highest BCUT2D eigenvalue weighted by atomic mass is 16.5. The van der Waals surface area contributed by atoms with Crippen molar-refractivity contribution in [2.24, 2.45) is 0 Å². The molecule has 2 aromatic rings. The fourth-order valence-corrected chi connectivity index (χ4v) is 2.43. The first-order chi connectivity index (χ1) is 12.7.